The average molecular weight is 496 g/mol. The molecule has 0 fully saturated rings. The number of carbonyl (C=O) groups excluding carboxylic acids is 2. The number of fused-ring (bicyclic) bond motifs is 1. The van der Waals surface area contributed by atoms with E-state index in [1.54, 1.807) is 18.2 Å². The van der Waals surface area contributed by atoms with Crippen molar-refractivity contribution in [3.63, 3.8) is 0 Å². The van der Waals surface area contributed by atoms with Crippen LogP contribution >= 0.6 is 11.6 Å². The summed E-state index contributed by atoms with van der Waals surface area (Å²) in [6.45, 7) is 5.21. The van der Waals surface area contributed by atoms with E-state index in [1.165, 1.54) is 19.1 Å². The quantitative estimate of drug-likeness (QED) is 0.491. The molecule has 0 saturated heterocycles. The van der Waals surface area contributed by atoms with Gasteiger partial charge in [-0.25, -0.2) is 9.48 Å². The van der Waals surface area contributed by atoms with Crippen LogP contribution in [-0.4, -0.2) is 27.8 Å². The molecule has 0 aliphatic rings. The lowest BCUT2D eigenvalue weighted by Crippen LogP contribution is -2.33. The molecule has 1 aromatic heterocycles. The predicted molar refractivity (Wildman–Crippen MR) is 121 cm³/mol. The van der Waals surface area contributed by atoms with Gasteiger partial charge in [0.15, 0.2) is 11.8 Å². The number of aromatic nitrogens is 2. The molecule has 34 heavy (non-hydrogen) atoms. The zero-order chi connectivity index (χ0) is 25.2. The number of anilines is 1. The first-order valence-corrected chi connectivity index (χ1v) is 10.6. The molecule has 1 N–H and O–H groups in total. The number of hydrogen-bond acceptors (Lipinski definition) is 5. The van der Waals surface area contributed by atoms with Gasteiger partial charge < -0.3 is 10.1 Å². The minimum absolute atomic E-state index is 0.0575. The van der Waals surface area contributed by atoms with Crippen molar-refractivity contribution >= 4 is 39.9 Å². The fraction of sp³-hybridized carbons (Fsp3) is 0.304. The summed E-state index contributed by atoms with van der Waals surface area (Å²) in [5.74, 6) is -1.92. The van der Waals surface area contributed by atoms with Gasteiger partial charge in [0, 0.05) is 17.0 Å². The van der Waals surface area contributed by atoms with E-state index in [0.717, 1.165) is 10.7 Å². The second-order valence-corrected chi connectivity index (χ2v) is 8.44. The highest BCUT2D eigenvalue weighted by Gasteiger charge is 2.35. The number of amides is 1. The first-order chi connectivity index (χ1) is 15.9. The van der Waals surface area contributed by atoms with Crippen LogP contribution in [-0.2, 0) is 22.3 Å². The summed E-state index contributed by atoms with van der Waals surface area (Å²) in [6.07, 6.45) is -6.23. The first-order valence-electron chi connectivity index (χ1n) is 10.3. The molecular formula is C23H21ClF3N3O4. The van der Waals surface area contributed by atoms with Crippen molar-refractivity contribution in [2.24, 2.45) is 5.92 Å². The van der Waals surface area contributed by atoms with Gasteiger partial charge in [0.05, 0.1) is 16.6 Å². The number of carbonyl (C=O) groups is 2. The fourth-order valence-electron chi connectivity index (χ4n) is 3.22. The summed E-state index contributed by atoms with van der Waals surface area (Å²) in [7, 11) is 0. The maximum absolute atomic E-state index is 13.3. The summed E-state index contributed by atoms with van der Waals surface area (Å²) in [6, 6.07) is 9.20. The van der Waals surface area contributed by atoms with Crippen molar-refractivity contribution in [1.29, 1.82) is 0 Å². The number of nitrogens with one attached hydrogen (secondary N) is 1. The molecule has 1 atom stereocenters. The number of nitrogens with zero attached hydrogens (tertiary/aromatic N) is 2. The SMILES string of the molecule is CC(C)Cn1nc(C(=O)OC(C)C(=O)Nc2ccc(Cl)cc2C(F)(F)F)c2ccccc2c1=O. The lowest BCUT2D eigenvalue weighted by molar-refractivity contribution is -0.137. The minimum atomic E-state index is -4.76. The maximum Gasteiger partial charge on any atom is 0.418 e. The number of rotatable bonds is 6. The molecule has 1 unspecified atom stereocenters. The van der Waals surface area contributed by atoms with E-state index in [1.807, 2.05) is 13.8 Å². The van der Waals surface area contributed by atoms with Crippen LogP contribution < -0.4 is 10.9 Å². The Morgan fingerprint density at radius 3 is 2.38 bits per heavy atom. The molecule has 0 aliphatic carbocycles. The third-order valence-electron chi connectivity index (χ3n) is 4.80. The van der Waals surface area contributed by atoms with Crippen molar-refractivity contribution in [3.8, 4) is 0 Å². The maximum atomic E-state index is 13.3. The van der Waals surface area contributed by atoms with Crippen LogP contribution in [0.15, 0.2) is 47.3 Å². The second kappa shape index (κ2) is 9.84. The van der Waals surface area contributed by atoms with Crippen molar-refractivity contribution in [3.05, 3.63) is 69.1 Å². The molecule has 11 heteroatoms. The monoisotopic (exact) mass is 495 g/mol. The highest BCUT2D eigenvalue weighted by atomic mass is 35.5. The summed E-state index contributed by atoms with van der Waals surface area (Å²) in [5, 5.41) is 6.57. The summed E-state index contributed by atoms with van der Waals surface area (Å²) < 4.78 is 46.2. The van der Waals surface area contributed by atoms with Crippen LogP contribution in [0.1, 0.15) is 36.8 Å². The Hall–Kier alpha value is -3.40. The van der Waals surface area contributed by atoms with Gasteiger partial charge in [0.25, 0.3) is 11.5 Å². The molecular weight excluding hydrogens is 475 g/mol. The first kappa shape index (κ1) is 25.2. The number of esters is 1. The van der Waals surface area contributed by atoms with E-state index in [4.69, 9.17) is 16.3 Å². The van der Waals surface area contributed by atoms with Crippen LogP contribution in [0.5, 0.6) is 0 Å². The zero-order valence-corrected chi connectivity index (χ0v) is 19.2. The van der Waals surface area contributed by atoms with Gasteiger partial charge in [-0.1, -0.05) is 43.6 Å². The number of halogens is 4. The standard InChI is InChI=1S/C23H21ClF3N3O4/c1-12(2)11-30-21(32)16-7-5-4-6-15(16)19(29-30)22(33)34-13(3)20(31)28-18-9-8-14(24)10-17(18)23(25,26)27/h4-10,12-13H,11H2,1-3H3,(H,28,31). The number of hydrogen-bond donors (Lipinski definition) is 1. The molecule has 3 rings (SSSR count). The number of ether oxygens (including phenoxy) is 1. The summed E-state index contributed by atoms with van der Waals surface area (Å²) in [5.41, 5.74) is -2.23. The molecule has 2 aromatic carbocycles. The molecule has 180 valence electrons. The molecule has 0 saturated carbocycles. The number of alkyl halides is 3. The molecule has 1 amide bonds. The Bertz CT molecular complexity index is 1300. The third-order valence-corrected chi connectivity index (χ3v) is 5.03. The van der Waals surface area contributed by atoms with Crippen molar-refractivity contribution < 1.29 is 27.5 Å². The van der Waals surface area contributed by atoms with E-state index in [9.17, 15) is 27.6 Å². The zero-order valence-electron chi connectivity index (χ0n) is 18.4. The summed E-state index contributed by atoms with van der Waals surface area (Å²) in [4.78, 5) is 38.1. The third kappa shape index (κ3) is 5.56. The van der Waals surface area contributed by atoms with Crippen LogP contribution in [0.3, 0.4) is 0 Å². The lowest BCUT2D eigenvalue weighted by Gasteiger charge is -2.18. The second-order valence-electron chi connectivity index (χ2n) is 8.00. The predicted octanol–water partition coefficient (Wildman–Crippen LogP) is 4.91. The topological polar surface area (TPSA) is 90.3 Å². The van der Waals surface area contributed by atoms with Crippen LogP contribution in [0, 0.1) is 5.92 Å². The van der Waals surface area contributed by atoms with E-state index in [-0.39, 0.29) is 39.5 Å². The molecule has 0 bridgehead atoms. The Labute approximate surface area is 197 Å². The van der Waals surface area contributed by atoms with Gasteiger partial charge in [-0.15, -0.1) is 0 Å². The molecule has 1 heterocycles. The van der Waals surface area contributed by atoms with Gasteiger partial charge in [0.2, 0.25) is 0 Å². The average Bonchev–Trinajstić information content (AvgIpc) is 2.75. The van der Waals surface area contributed by atoms with Crippen LogP contribution in [0.4, 0.5) is 18.9 Å². The number of benzene rings is 2. The van der Waals surface area contributed by atoms with Crippen LogP contribution in [0.25, 0.3) is 10.8 Å². The Morgan fingerprint density at radius 2 is 1.76 bits per heavy atom. The van der Waals surface area contributed by atoms with Gasteiger partial charge >= 0.3 is 12.1 Å². The van der Waals surface area contributed by atoms with Crippen molar-refractivity contribution in [2.45, 2.75) is 39.6 Å². The molecule has 3 aromatic rings. The van der Waals surface area contributed by atoms with Gasteiger partial charge in [-0.05, 0) is 37.1 Å². The van der Waals surface area contributed by atoms with Crippen LogP contribution in [0.2, 0.25) is 5.02 Å². The van der Waals surface area contributed by atoms with Gasteiger partial charge in [0.1, 0.15) is 0 Å². The normalized spacial score (nSPS) is 12.6. The Kier molecular flexibility index (Phi) is 7.30. The fourth-order valence-corrected chi connectivity index (χ4v) is 3.39. The molecule has 0 aliphatic heterocycles. The highest BCUT2D eigenvalue weighted by molar-refractivity contribution is 6.30. The Morgan fingerprint density at radius 1 is 1.12 bits per heavy atom. The van der Waals surface area contributed by atoms with Crippen molar-refractivity contribution in [2.75, 3.05) is 5.32 Å². The largest absolute Gasteiger partial charge is 0.448 e. The van der Waals surface area contributed by atoms with Gasteiger partial charge in [-0.2, -0.15) is 18.3 Å². The van der Waals surface area contributed by atoms with E-state index in [2.05, 4.69) is 10.4 Å². The molecule has 7 nitrogen and oxygen atoms in total. The van der Waals surface area contributed by atoms with E-state index in [0.29, 0.717) is 6.07 Å². The highest BCUT2D eigenvalue weighted by Crippen LogP contribution is 2.36. The molecule has 0 spiro atoms. The minimum Gasteiger partial charge on any atom is -0.448 e. The smallest absolute Gasteiger partial charge is 0.418 e. The summed E-state index contributed by atoms with van der Waals surface area (Å²) >= 11 is 5.65. The van der Waals surface area contributed by atoms with Crippen molar-refractivity contribution in [1.82, 2.24) is 9.78 Å². The van der Waals surface area contributed by atoms with Gasteiger partial charge in [-0.3, -0.25) is 9.59 Å². The van der Waals surface area contributed by atoms with E-state index < -0.39 is 35.4 Å². The van der Waals surface area contributed by atoms with E-state index >= 15 is 0 Å². The Balaban J connectivity index is 1.87. The molecule has 0 radical (unpaired) electrons. The lowest BCUT2D eigenvalue weighted by atomic mass is 10.1.